The van der Waals surface area contributed by atoms with E-state index in [2.05, 4.69) is 4.98 Å². The number of nitrogens with one attached hydrogen (secondary N) is 1. The summed E-state index contributed by atoms with van der Waals surface area (Å²) in [6.07, 6.45) is -2.29. The number of nitrogens with zero attached hydrogens (tertiary/aromatic N) is 1. The number of aromatic amines is 1. The SMILES string of the molecule is O=c1nc(/C=C/c2ccccc2F)cc(C(F)(F)F)[nH]1. The summed E-state index contributed by atoms with van der Waals surface area (Å²) >= 11 is 0. The van der Waals surface area contributed by atoms with Crippen molar-refractivity contribution >= 4 is 12.2 Å². The van der Waals surface area contributed by atoms with E-state index in [1.807, 2.05) is 0 Å². The molecule has 3 nitrogen and oxygen atoms in total. The minimum absolute atomic E-state index is 0.183. The molecule has 7 heteroatoms. The van der Waals surface area contributed by atoms with Gasteiger partial charge in [-0.25, -0.2) is 9.18 Å². The third kappa shape index (κ3) is 3.31. The van der Waals surface area contributed by atoms with E-state index in [1.165, 1.54) is 24.3 Å². The normalized spacial score (nSPS) is 12.0. The Kier molecular flexibility index (Phi) is 3.69. The van der Waals surface area contributed by atoms with Gasteiger partial charge in [0.2, 0.25) is 0 Å². The van der Waals surface area contributed by atoms with E-state index in [0.717, 1.165) is 6.08 Å². The highest BCUT2D eigenvalue weighted by Gasteiger charge is 2.32. The molecule has 0 atom stereocenters. The minimum atomic E-state index is -4.68. The molecule has 0 radical (unpaired) electrons. The average Bonchev–Trinajstić information content (AvgIpc) is 2.36. The third-order valence-electron chi connectivity index (χ3n) is 2.41. The number of hydrogen-bond donors (Lipinski definition) is 1. The van der Waals surface area contributed by atoms with Gasteiger partial charge in [0.05, 0.1) is 5.69 Å². The van der Waals surface area contributed by atoms with Crippen LogP contribution in [-0.2, 0) is 6.18 Å². The van der Waals surface area contributed by atoms with Crippen molar-refractivity contribution in [3.05, 3.63) is 63.6 Å². The lowest BCUT2D eigenvalue weighted by Gasteiger charge is -2.05. The third-order valence-corrected chi connectivity index (χ3v) is 2.41. The number of hydrogen-bond acceptors (Lipinski definition) is 2. The van der Waals surface area contributed by atoms with Crippen molar-refractivity contribution in [2.24, 2.45) is 0 Å². The van der Waals surface area contributed by atoms with Crippen LogP contribution in [0.5, 0.6) is 0 Å². The highest BCUT2D eigenvalue weighted by atomic mass is 19.4. The smallest absolute Gasteiger partial charge is 0.302 e. The number of benzene rings is 1. The summed E-state index contributed by atoms with van der Waals surface area (Å²) in [6, 6.07) is 6.41. The highest BCUT2D eigenvalue weighted by Crippen LogP contribution is 2.27. The number of aromatic nitrogens is 2. The Morgan fingerprint density at radius 1 is 1.15 bits per heavy atom. The van der Waals surface area contributed by atoms with Crippen LogP contribution in [0.3, 0.4) is 0 Å². The Bertz CT molecular complexity index is 704. The van der Waals surface area contributed by atoms with Gasteiger partial charge in [0.15, 0.2) is 0 Å². The van der Waals surface area contributed by atoms with Crippen molar-refractivity contribution in [3.8, 4) is 0 Å². The largest absolute Gasteiger partial charge is 0.431 e. The van der Waals surface area contributed by atoms with Crippen molar-refractivity contribution < 1.29 is 17.6 Å². The molecule has 0 fully saturated rings. The van der Waals surface area contributed by atoms with Gasteiger partial charge in [-0.3, -0.25) is 0 Å². The zero-order valence-electron chi connectivity index (χ0n) is 9.91. The minimum Gasteiger partial charge on any atom is -0.302 e. The topological polar surface area (TPSA) is 45.8 Å². The van der Waals surface area contributed by atoms with Crippen LogP contribution in [0.2, 0.25) is 0 Å². The van der Waals surface area contributed by atoms with Crippen molar-refractivity contribution in [2.75, 3.05) is 0 Å². The predicted molar refractivity (Wildman–Crippen MR) is 65.2 cm³/mol. The van der Waals surface area contributed by atoms with E-state index in [1.54, 1.807) is 11.1 Å². The average molecular weight is 284 g/mol. The molecule has 0 bridgehead atoms. The molecule has 0 saturated carbocycles. The summed E-state index contributed by atoms with van der Waals surface area (Å²) < 4.78 is 50.8. The molecular formula is C13H8F4N2O. The van der Waals surface area contributed by atoms with Gasteiger partial charge in [-0.15, -0.1) is 0 Å². The molecule has 0 unspecified atom stereocenters. The van der Waals surface area contributed by atoms with E-state index in [4.69, 9.17) is 0 Å². The second-order valence-corrected chi connectivity index (χ2v) is 3.88. The molecule has 1 aromatic heterocycles. The molecule has 1 N–H and O–H groups in total. The maximum absolute atomic E-state index is 13.3. The summed E-state index contributed by atoms with van der Waals surface area (Å²) in [4.78, 5) is 16.0. The van der Waals surface area contributed by atoms with Gasteiger partial charge < -0.3 is 4.98 Å². The van der Waals surface area contributed by atoms with Crippen LogP contribution in [0.15, 0.2) is 35.1 Å². The van der Waals surface area contributed by atoms with Crippen LogP contribution in [-0.4, -0.2) is 9.97 Å². The standard InChI is InChI=1S/C13H8F4N2O/c14-10-4-2-1-3-8(10)5-6-9-7-11(13(15,16)17)19-12(20)18-9/h1-7H,(H,18,19,20)/b6-5+. The van der Waals surface area contributed by atoms with Gasteiger partial charge in [0.25, 0.3) is 0 Å². The Balaban J connectivity index is 2.37. The summed E-state index contributed by atoms with van der Waals surface area (Å²) in [5.41, 5.74) is -2.34. The van der Waals surface area contributed by atoms with Gasteiger partial charge in [0, 0.05) is 5.56 Å². The van der Waals surface area contributed by atoms with Crippen LogP contribution in [0, 0.1) is 5.82 Å². The second kappa shape index (κ2) is 5.28. The lowest BCUT2D eigenvalue weighted by atomic mass is 10.2. The molecule has 0 aliphatic rings. The van der Waals surface area contributed by atoms with Gasteiger partial charge >= 0.3 is 11.9 Å². The van der Waals surface area contributed by atoms with Crippen molar-refractivity contribution in [1.82, 2.24) is 9.97 Å². The zero-order valence-corrected chi connectivity index (χ0v) is 9.91. The van der Waals surface area contributed by atoms with E-state index in [9.17, 15) is 22.4 Å². The summed E-state index contributed by atoms with van der Waals surface area (Å²) in [5.74, 6) is -0.523. The maximum Gasteiger partial charge on any atom is 0.431 e. The fourth-order valence-corrected chi connectivity index (χ4v) is 1.50. The summed E-state index contributed by atoms with van der Waals surface area (Å²) in [5, 5.41) is 0. The van der Waals surface area contributed by atoms with Crippen molar-refractivity contribution in [1.29, 1.82) is 0 Å². The zero-order chi connectivity index (χ0) is 14.8. The van der Waals surface area contributed by atoms with Crippen molar-refractivity contribution in [2.45, 2.75) is 6.18 Å². The molecule has 1 aromatic carbocycles. The lowest BCUT2D eigenvalue weighted by Crippen LogP contribution is -2.19. The highest BCUT2D eigenvalue weighted by molar-refractivity contribution is 5.68. The first-order valence-electron chi connectivity index (χ1n) is 5.47. The lowest BCUT2D eigenvalue weighted by molar-refractivity contribution is -0.141. The van der Waals surface area contributed by atoms with Crippen LogP contribution >= 0.6 is 0 Å². The molecule has 0 aliphatic heterocycles. The molecule has 0 aliphatic carbocycles. The first kappa shape index (κ1) is 14.0. The molecule has 0 amide bonds. The molecule has 20 heavy (non-hydrogen) atoms. The number of alkyl halides is 3. The van der Waals surface area contributed by atoms with Gasteiger partial charge in [-0.2, -0.15) is 18.2 Å². The Morgan fingerprint density at radius 2 is 1.85 bits per heavy atom. The van der Waals surface area contributed by atoms with E-state index >= 15 is 0 Å². The number of rotatable bonds is 2. The Labute approximate surface area is 110 Å². The van der Waals surface area contributed by atoms with E-state index in [0.29, 0.717) is 6.07 Å². The number of H-pyrrole nitrogens is 1. The van der Waals surface area contributed by atoms with Gasteiger partial charge in [-0.1, -0.05) is 18.2 Å². The van der Waals surface area contributed by atoms with Crippen LogP contribution < -0.4 is 5.69 Å². The fourth-order valence-electron chi connectivity index (χ4n) is 1.50. The molecule has 104 valence electrons. The summed E-state index contributed by atoms with van der Waals surface area (Å²) in [6.45, 7) is 0. The summed E-state index contributed by atoms with van der Waals surface area (Å²) in [7, 11) is 0. The van der Waals surface area contributed by atoms with E-state index < -0.39 is 23.4 Å². The molecule has 0 spiro atoms. The molecule has 1 heterocycles. The van der Waals surface area contributed by atoms with Crippen LogP contribution in [0.1, 0.15) is 17.0 Å². The van der Waals surface area contributed by atoms with Crippen LogP contribution in [0.4, 0.5) is 17.6 Å². The first-order chi connectivity index (χ1) is 9.36. The molecular weight excluding hydrogens is 276 g/mol. The fraction of sp³-hybridized carbons (Fsp3) is 0.0769. The molecule has 2 rings (SSSR count). The van der Waals surface area contributed by atoms with Crippen molar-refractivity contribution in [3.63, 3.8) is 0 Å². The quantitative estimate of drug-likeness (QED) is 0.861. The number of halogens is 4. The van der Waals surface area contributed by atoms with Gasteiger partial charge in [-0.05, 0) is 24.3 Å². The maximum atomic E-state index is 13.3. The van der Waals surface area contributed by atoms with Gasteiger partial charge in [0.1, 0.15) is 11.5 Å². The van der Waals surface area contributed by atoms with Crippen LogP contribution in [0.25, 0.3) is 12.2 Å². The molecule has 2 aromatic rings. The first-order valence-corrected chi connectivity index (χ1v) is 5.47. The Morgan fingerprint density at radius 3 is 2.50 bits per heavy atom. The predicted octanol–water partition coefficient (Wildman–Crippen LogP) is 3.10. The monoisotopic (exact) mass is 284 g/mol. The Hall–Kier alpha value is -2.44. The second-order valence-electron chi connectivity index (χ2n) is 3.88. The molecule has 0 saturated heterocycles. The van der Waals surface area contributed by atoms with E-state index in [-0.39, 0.29) is 11.3 Å².